The monoisotopic (exact) mass is 847 g/mol. The highest BCUT2D eigenvalue weighted by Crippen LogP contribution is 2.65. The number of nitrogens with zero attached hydrogens (tertiary/aromatic N) is 3. The summed E-state index contributed by atoms with van der Waals surface area (Å²) in [6.45, 7) is 9.70. The van der Waals surface area contributed by atoms with Crippen molar-refractivity contribution in [2.24, 2.45) is 0 Å². The van der Waals surface area contributed by atoms with Gasteiger partial charge in [0.1, 0.15) is 0 Å². The van der Waals surface area contributed by atoms with E-state index in [1.54, 1.807) is 0 Å². The lowest BCUT2D eigenvalue weighted by Crippen LogP contribution is -2.61. The molecule has 2 unspecified atom stereocenters. The summed E-state index contributed by atoms with van der Waals surface area (Å²) < 4.78 is 0. The maximum absolute atomic E-state index is 2.78. The van der Waals surface area contributed by atoms with Gasteiger partial charge in [0.25, 0.3) is 6.71 Å². The molecule has 66 heavy (non-hydrogen) atoms. The van der Waals surface area contributed by atoms with Gasteiger partial charge in [-0.05, 0) is 143 Å². The summed E-state index contributed by atoms with van der Waals surface area (Å²) >= 11 is 0. The second kappa shape index (κ2) is 14.5. The molecule has 3 nitrogen and oxygen atoms in total. The van der Waals surface area contributed by atoms with E-state index in [2.05, 4.69) is 249 Å². The quantitative estimate of drug-likeness (QED) is 0.160. The number of benzene rings is 9. The molecule has 0 saturated carbocycles. The van der Waals surface area contributed by atoms with Gasteiger partial charge in [-0.25, -0.2) is 0 Å². The van der Waals surface area contributed by atoms with E-state index >= 15 is 0 Å². The van der Waals surface area contributed by atoms with Crippen molar-refractivity contribution < 1.29 is 0 Å². The molecule has 3 aliphatic heterocycles. The van der Waals surface area contributed by atoms with Gasteiger partial charge < -0.3 is 14.7 Å². The predicted molar refractivity (Wildman–Crippen MR) is 279 cm³/mol. The van der Waals surface area contributed by atoms with Gasteiger partial charge in [0, 0.05) is 50.9 Å². The lowest BCUT2D eigenvalue weighted by Gasteiger charge is -2.52. The van der Waals surface area contributed by atoms with Gasteiger partial charge in [-0.3, -0.25) is 0 Å². The van der Waals surface area contributed by atoms with Crippen molar-refractivity contribution in [3.63, 3.8) is 0 Å². The van der Waals surface area contributed by atoms with E-state index in [0.717, 1.165) is 24.2 Å². The highest BCUT2D eigenvalue weighted by molar-refractivity contribution is 7.00. The van der Waals surface area contributed by atoms with Crippen LogP contribution in [0.3, 0.4) is 0 Å². The standard InChI is InChI=1S/C62H50BN3/c1-41-35-42(2)60-52(36-41)61(3)34-33-45-23-14-15-28-51(45)62(61,4)66(60)50-39-57-59-58(40-50)65(49-27-18-24-46(37-49)43-19-8-5-9-20-43)56-38-47(44-21-10-6-11-22-44)31-32-54(56)63(59)53-29-16-17-30-55(53)64(57)48-25-12-7-13-26-48/h5-32,35-40H,33-34H2,1-4H3. The molecule has 0 fully saturated rings. The van der Waals surface area contributed by atoms with Gasteiger partial charge in [-0.2, -0.15) is 0 Å². The first-order valence-electron chi connectivity index (χ1n) is 23.6. The van der Waals surface area contributed by atoms with E-state index in [0.29, 0.717) is 0 Å². The minimum absolute atomic E-state index is 0.0000932. The van der Waals surface area contributed by atoms with Crippen LogP contribution < -0.4 is 31.1 Å². The molecule has 316 valence electrons. The largest absolute Gasteiger partial charge is 0.330 e. The maximum atomic E-state index is 2.78. The van der Waals surface area contributed by atoms with Crippen LogP contribution in [0.25, 0.3) is 22.3 Å². The molecular formula is C62H50BN3. The summed E-state index contributed by atoms with van der Waals surface area (Å²) in [5.74, 6) is 0. The Hall–Kier alpha value is -7.56. The van der Waals surface area contributed by atoms with Gasteiger partial charge in [0.05, 0.1) is 5.54 Å². The van der Waals surface area contributed by atoms with Gasteiger partial charge in [0.2, 0.25) is 0 Å². The fourth-order valence-corrected chi connectivity index (χ4v) is 12.6. The number of aryl methyl sites for hydroxylation is 3. The van der Waals surface area contributed by atoms with Crippen LogP contribution in [-0.2, 0) is 17.4 Å². The Bertz CT molecular complexity index is 3400. The number of fused-ring (bicyclic) bond motifs is 9. The van der Waals surface area contributed by atoms with Crippen LogP contribution in [0, 0.1) is 13.8 Å². The van der Waals surface area contributed by atoms with Crippen LogP contribution in [-0.4, -0.2) is 6.71 Å². The Morgan fingerprint density at radius 3 is 1.77 bits per heavy atom. The molecule has 9 aromatic rings. The Labute approximate surface area is 389 Å². The molecule has 9 aromatic carbocycles. The highest BCUT2D eigenvalue weighted by Gasteiger charge is 2.60. The fourth-order valence-electron chi connectivity index (χ4n) is 12.6. The smallest absolute Gasteiger partial charge is 0.252 e. The topological polar surface area (TPSA) is 9.72 Å². The zero-order chi connectivity index (χ0) is 44.3. The second-order valence-corrected chi connectivity index (χ2v) is 19.3. The molecule has 0 spiro atoms. The zero-order valence-electron chi connectivity index (χ0n) is 38.0. The first-order chi connectivity index (χ1) is 32.3. The number of hydrogen-bond acceptors (Lipinski definition) is 3. The summed E-state index contributed by atoms with van der Waals surface area (Å²) in [7, 11) is 0. The van der Waals surface area contributed by atoms with Gasteiger partial charge in [-0.15, -0.1) is 0 Å². The molecule has 1 aliphatic carbocycles. The van der Waals surface area contributed by atoms with Crippen molar-refractivity contribution in [3.8, 4) is 22.3 Å². The van der Waals surface area contributed by atoms with Gasteiger partial charge >= 0.3 is 0 Å². The van der Waals surface area contributed by atoms with Gasteiger partial charge in [-0.1, -0.05) is 170 Å². The zero-order valence-corrected chi connectivity index (χ0v) is 38.0. The third-order valence-electron chi connectivity index (χ3n) is 15.8. The Balaban J connectivity index is 1.16. The highest BCUT2D eigenvalue weighted by atomic mass is 15.3. The molecule has 0 bridgehead atoms. The first kappa shape index (κ1) is 38.9. The first-order valence-corrected chi connectivity index (χ1v) is 23.6. The lowest BCUT2D eigenvalue weighted by molar-refractivity contribution is 0.245. The number of para-hydroxylation sites is 2. The van der Waals surface area contributed by atoms with Crippen LogP contribution in [0.4, 0.5) is 45.5 Å². The van der Waals surface area contributed by atoms with Crippen molar-refractivity contribution >= 4 is 68.6 Å². The van der Waals surface area contributed by atoms with E-state index in [4.69, 9.17) is 0 Å². The Morgan fingerprint density at radius 2 is 1.03 bits per heavy atom. The summed E-state index contributed by atoms with van der Waals surface area (Å²) in [4.78, 5) is 7.92. The van der Waals surface area contributed by atoms with Crippen molar-refractivity contribution in [1.82, 2.24) is 0 Å². The second-order valence-electron chi connectivity index (χ2n) is 19.3. The van der Waals surface area contributed by atoms with Crippen LogP contribution in [0.15, 0.2) is 206 Å². The summed E-state index contributed by atoms with van der Waals surface area (Å²) in [5.41, 5.74) is 24.9. The Morgan fingerprint density at radius 1 is 0.439 bits per heavy atom. The molecule has 0 saturated heterocycles. The van der Waals surface area contributed by atoms with Crippen LogP contribution in [0.1, 0.15) is 48.1 Å². The molecule has 0 N–H and O–H groups in total. The van der Waals surface area contributed by atoms with Crippen LogP contribution >= 0.6 is 0 Å². The van der Waals surface area contributed by atoms with Crippen LogP contribution in [0.2, 0.25) is 0 Å². The van der Waals surface area contributed by atoms with E-state index in [1.165, 1.54) is 101 Å². The fraction of sp³-hybridized carbons (Fsp3) is 0.129. The normalized spacial score (nSPS) is 18.5. The van der Waals surface area contributed by atoms with E-state index in [9.17, 15) is 0 Å². The summed E-state index contributed by atoms with van der Waals surface area (Å²) in [5, 5.41) is 0. The minimum atomic E-state index is -0.377. The van der Waals surface area contributed by atoms with E-state index < -0.39 is 0 Å². The van der Waals surface area contributed by atoms with Crippen molar-refractivity contribution in [1.29, 1.82) is 0 Å². The molecule has 3 heterocycles. The van der Waals surface area contributed by atoms with E-state index in [1.807, 2.05) is 0 Å². The predicted octanol–water partition coefficient (Wildman–Crippen LogP) is 14.0. The summed E-state index contributed by atoms with van der Waals surface area (Å²) in [6.07, 6.45) is 2.13. The number of rotatable bonds is 5. The lowest BCUT2D eigenvalue weighted by atomic mass is 9.33. The Kier molecular flexibility index (Phi) is 8.52. The SMILES string of the molecule is Cc1cc(C)c2c(c1)C1(C)CCc3ccccc3C1(C)N2c1cc2c3c(c1)N(c1cccc(-c4ccccc4)c1)c1cc(-c4ccccc4)ccc1B3c1ccccc1N2c1ccccc1. The third-order valence-corrected chi connectivity index (χ3v) is 15.8. The average molecular weight is 848 g/mol. The van der Waals surface area contributed by atoms with Crippen molar-refractivity contribution in [3.05, 3.63) is 234 Å². The maximum Gasteiger partial charge on any atom is 0.252 e. The summed E-state index contributed by atoms with van der Waals surface area (Å²) in [6, 6.07) is 77.5. The minimum Gasteiger partial charge on any atom is -0.330 e. The molecule has 13 rings (SSSR count). The van der Waals surface area contributed by atoms with Gasteiger partial charge in [0.15, 0.2) is 0 Å². The molecule has 4 aliphatic rings. The van der Waals surface area contributed by atoms with Crippen molar-refractivity contribution in [2.75, 3.05) is 14.7 Å². The van der Waals surface area contributed by atoms with Crippen LogP contribution in [0.5, 0.6) is 0 Å². The molecule has 2 atom stereocenters. The molecular weight excluding hydrogens is 798 g/mol. The number of anilines is 8. The molecule has 0 radical (unpaired) electrons. The van der Waals surface area contributed by atoms with Crippen molar-refractivity contribution in [2.45, 2.75) is 51.5 Å². The average Bonchev–Trinajstić information content (AvgIpc) is 3.57. The number of hydrogen-bond donors (Lipinski definition) is 0. The third kappa shape index (κ3) is 5.45. The van der Waals surface area contributed by atoms with E-state index in [-0.39, 0.29) is 17.7 Å². The molecule has 4 heteroatoms. The molecule has 0 aromatic heterocycles. The molecule has 0 amide bonds.